The van der Waals surface area contributed by atoms with E-state index in [1.54, 1.807) is 0 Å². The highest BCUT2D eigenvalue weighted by atomic mass is 16.6. The average Bonchev–Trinajstić information content (AvgIpc) is 2.49. The van der Waals surface area contributed by atoms with Crippen LogP contribution in [-0.2, 0) is 14.2 Å². The SMILES string of the molecule is [CH2]C(C)OCC(C)OCC(C)OCCCCCCCCCC. The van der Waals surface area contributed by atoms with E-state index in [-0.39, 0.29) is 18.3 Å². The number of hydrogen-bond acceptors (Lipinski definition) is 3. The molecule has 3 atom stereocenters. The van der Waals surface area contributed by atoms with Crippen molar-refractivity contribution in [1.29, 1.82) is 0 Å². The van der Waals surface area contributed by atoms with E-state index in [0.29, 0.717) is 13.2 Å². The topological polar surface area (TPSA) is 27.7 Å². The van der Waals surface area contributed by atoms with Crippen LogP contribution in [0.4, 0.5) is 0 Å². The normalized spacial score (nSPS) is 14.5. The summed E-state index contributed by atoms with van der Waals surface area (Å²) in [4.78, 5) is 0. The number of ether oxygens (including phenoxy) is 3. The summed E-state index contributed by atoms with van der Waals surface area (Å²) < 4.78 is 16.9. The molecule has 3 unspecified atom stereocenters. The van der Waals surface area contributed by atoms with Gasteiger partial charge in [-0.05, 0) is 34.1 Å². The number of unbranched alkanes of at least 4 members (excludes halogenated alkanes) is 7. The van der Waals surface area contributed by atoms with Crippen molar-refractivity contribution in [3.8, 4) is 0 Å². The maximum atomic E-state index is 5.78. The molecule has 0 heterocycles. The van der Waals surface area contributed by atoms with Gasteiger partial charge in [0.05, 0.1) is 31.5 Å². The molecule has 0 saturated heterocycles. The molecule has 0 aliphatic heterocycles. The van der Waals surface area contributed by atoms with E-state index < -0.39 is 0 Å². The summed E-state index contributed by atoms with van der Waals surface area (Å²) in [5.41, 5.74) is 0. The third kappa shape index (κ3) is 16.3. The summed E-state index contributed by atoms with van der Waals surface area (Å²) in [6.45, 7) is 14.1. The van der Waals surface area contributed by atoms with E-state index >= 15 is 0 Å². The number of rotatable bonds is 16. The van der Waals surface area contributed by atoms with Crippen molar-refractivity contribution in [1.82, 2.24) is 0 Å². The molecule has 3 nitrogen and oxygen atoms in total. The van der Waals surface area contributed by atoms with Crippen LogP contribution in [0, 0.1) is 6.92 Å². The maximum absolute atomic E-state index is 5.78. The molecule has 3 heteroatoms. The van der Waals surface area contributed by atoms with E-state index in [1.165, 1.54) is 44.9 Å². The van der Waals surface area contributed by atoms with Gasteiger partial charge in [-0.15, -0.1) is 0 Å². The lowest BCUT2D eigenvalue weighted by atomic mass is 10.1. The summed E-state index contributed by atoms with van der Waals surface area (Å²) in [5, 5.41) is 0. The zero-order valence-electron chi connectivity index (χ0n) is 15.4. The molecule has 0 saturated carbocycles. The van der Waals surface area contributed by atoms with Gasteiger partial charge >= 0.3 is 0 Å². The number of hydrogen-bond donors (Lipinski definition) is 0. The van der Waals surface area contributed by atoms with Gasteiger partial charge < -0.3 is 14.2 Å². The molecule has 0 aromatic heterocycles. The van der Waals surface area contributed by atoms with Gasteiger partial charge in [0, 0.05) is 6.61 Å². The van der Waals surface area contributed by atoms with Crippen molar-refractivity contribution in [2.75, 3.05) is 19.8 Å². The summed E-state index contributed by atoms with van der Waals surface area (Å²) in [7, 11) is 0. The molecule has 0 aliphatic carbocycles. The minimum Gasteiger partial charge on any atom is -0.376 e. The largest absolute Gasteiger partial charge is 0.376 e. The second-order valence-electron chi connectivity index (χ2n) is 6.44. The third-order valence-electron chi connectivity index (χ3n) is 3.63. The molecule has 0 aromatic rings. The van der Waals surface area contributed by atoms with Gasteiger partial charge in [-0.25, -0.2) is 0 Å². The monoisotopic (exact) mass is 315 g/mol. The van der Waals surface area contributed by atoms with Crippen LogP contribution in [0.25, 0.3) is 0 Å². The van der Waals surface area contributed by atoms with Gasteiger partial charge in [0.15, 0.2) is 0 Å². The molecule has 0 spiro atoms. The summed E-state index contributed by atoms with van der Waals surface area (Å²) in [6.07, 6.45) is 10.9. The van der Waals surface area contributed by atoms with E-state index in [9.17, 15) is 0 Å². The smallest absolute Gasteiger partial charge is 0.0781 e. The predicted molar refractivity (Wildman–Crippen MR) is 94.2 cm³/mol. The average molecular weight is 316 g/mol. The van der Waals surface area contributed by atoms with Crippen LogP contribution in [0.15, 0.2) is 0 Å². The van der Waals surface area contributed by atoms with Crippen LogP contribution in [0.1, 0.15) is 79.1 Å². The molecule has 0 aliphatic rings. The first-order valence-electron chi connectivity index (χ1n) is 9.24. The first-order valence-corrected chi connectivity index (χ1v) is 9.24. The quantitative estimate of drug-likeness (QED) is 0.367. The van der Waals surface area contributed by atoms with Crippen LogP contribution in [0.3, 0.4) is 0 Å². The lowest BCUT2D eigenvalue weighted by molar-refractivity contribution is -0.0631. The van der Waals surface area contributed by atoms with Crippen LogP contribution >= 0.6 is 0 Å². The highest BCUT2D eigenvalue weighted by Crippen LogP contribution is 2.09. The molecule has 0 N–H and O–H groups in total. The van der Waals surface area contributed by atoms with Gasteiger partial charge in [0.1, 0.15) is 0 Å². The maximum Gasteiger partial charge on any atom is 0.0781 e. The summed E-state index contributed by atoms with van der Waals surface area (Å²) in [5.74, 6) is 0. The van der Waals surface area contributed by atoms with E-state index in [4.69, 9.17) is 14.2 Å². The van der Waals surface area contributed by atoms with Crippen molar-refractivity contribution in [2.24, 2.45) is 0 Å². The van der Waals surface area contributed by atoms with Gasteiger partial charge in [0.2, 0.25) is 0 Å². The molecular weight excluding hydrogens is 276 g/mol. The lowest BCUT2D eigenvalue weighted by Crippen LogP contribution is -2.24. The first-order chi connectivity index (χ1) is 10.6. The van der Waals surface area contributed by atoms with Crippen molar-refractivity contribution in [3.05, 3.63) is 6.92 Å². The van der Waals surface area contributed by atoms with Crippen molar-refractivity contribution >= 4 is 0 Å². The molecule has 22 heavy (non-hydrogen) atoms. The fraction of sp³-hybridized carbons (Fsp3) is 0.947. The van der Waals surface area contributed by atoms with Crippen LogP contribution < -0.4 is 0 Å². The van der Waals surface area contributed by atoms with Crippen LogP contribution in [0.2, 0.25) is 0 Å². The van der Waals surface area contributed by atoms with E-state index in [1.807, 2.05) is 13.8 Å². The molecule has 0 fully saturated rings. The summed E-state index contributed by atoms with van der Waals surface area (Å²) in [6, 6.07) is 0. The molecule has 0 bridgehead atoms. The standard InChI is InChI=1S/C19H39O3/c1-6-7-8-9-10-11-12-13-14-20-18(4)16-22-19(5)15-21-17(2)3/h17-19H,2,6-16H2,1,3-5H3. The molecule has 0 aromatic carbocycles. The van der Waals surface area contributed by atoms with Crippen LogP contribution in [0.5, 0.6) is 0 Å². The second-order valence-corrected chi connectivity index (χ2v) is 6.44. The van der Waals surface area contributed by atoms with Crippen molar-refractivity contribution in [3.63, 3.8) is 0 Å². The molecule has 133 valence electrons. The minimum atomic E-state index is 0.0155. The second kappa shape index (κ2) is 15.8. The van der Waals surface area contributed by atoms with Gasteiger partial charge in [-0.1, -0.05) is 51.9 Å². The molecule has 1 radical (unpaired) electrons. The van der Waals surface area contributed by atoms with Gasteiger partial charge in [-0.2, -0.15) is 0 Å². The zero-order chi connectivity index (χ0) is 16.6. The van der Waals surface area contributed by atoms with Gasteiger partial charge in [0.25, 0.3) is 0 Å². The van der Waals surface area contributed by atoms with E-state index in [0.717, 1.165) is 13.0 Å². The molecule has 0 rings (SSSR count). The minimum absolute atomic E-state index is 0.0155. The Morgan fingerprint density at radius 1 is 0.682 bits per heavy atom. The Labute approximate surface area is 139 Å². The Morgan fingerprint density at radius 2 is 1.18 bits per heavy atom. The Balaban J connectivity index is 3.30. The highest BCUT2D eigenvalue weighted by molar-refractivity contribution is 4.56. The van der Waals surface area contributed by atoms with Crippen LogP contribution in [-0.4, -0.2) is 38.1 Å². The fourth-order valence-corrected chi connectivity index (χ4v) is 2.22. The van der Waals surface area contributed by atoms with Gasteiger partial charge in [-0.3, -0.25) is 0 Å². The Hall–Kier alpha value is -0.120. The molecule has 0 amide bonds. The Kier molecular flexibility index (Phi) is 15.7. The fourth-order valence-electron chi connectivity index (χ4n) is 2.22. The first kappa shape index (κ1) is 21.9. The Bertz CT molecular complexity index is 219. The molecular formula is C19H39O3. The summed E-state index contributed by atoms with van der Waals surface area (Å²) >= 11 is 0. The third-order valence-corrected chi connectivity index (χ3v) is 3.63. The predicted octanol–water partition coefficient (Wildman–Crippen LogP) is 5.18. The van der Waals surface area contributed by atoms with E-state index in [2.05, 4.69) is 20.8 Å². The Morgan fingerprint density at radius 3 is 1.77 bits per heavy atom. The lowest BCUT2D eigenvalue weighted by Gasteiger charge is -2.18. The van der Waals surface area contributed by atoms with Crippen molar-refractivity contribution in [2.45, 2.75) is 97.4 Å². The van der Waals surface area contributed by atoms with Crippen molar-refractivity contribution < 1.29 is 14.2 Å². The zero-order valence-corrected chi connectivity index (χ0v) is 15.4. The highest BCUT2D eigenvalue weighted by Gasteiger charge is 2.08.